The largest absolute Gasteiger partial charge is 0.357 e. The lowest BCUT2D eigenvalue weighted by atomic mass is 10.1. The number of nitrogens with zero attached hydrogens (tertiary/aromatic N) is 4. The van der Waals surface area contributed by atoms with Gasteiger partial charge in [0.05, 0.1) is 13.1 Å². The number of nitrogens with one attached hydrogen (secondary N) is 2. The van der Waals surface area contributed by atoms with Gasteiger partial charge in [-0.15, -0.1) is 24.0 Å². The van der Waals surface area contributed by atoms with Crippen LogP contribution in [0.2, 0.25) is 0 Å². The van der Waals surface area contributed by atoms with Gasteiger partial charge in [-0.2, -0.15) is 5.10 Å². The summed E-state index contributed by atoms with van der Waals surface area (Å²) in [6.45, 7) is 6.30. The Morgan fingerprint density at radius 1 is 1.17 bits per heavy atom. The van der Waals surface area contributed by atoms with E-state index in [-0.39, 0.29) is 24.0 Å². The monoisotopic (exact) mass is 428 g/mol. The van der Waals surface area contributed by atoms with Crippen molar-refractivity contribution in [1.29, 1.82) is 0 Å². The number of guanidine groups is 1. The maximum atomic E-state index is 4.66. The molecule has 0 radical (unpaired) electrons. The van der Waals surface area contributed by atoms with Crippen molar-refractivity contribution in [3.8, 4) is 0 Å². The minimum absolute atomic E-state index is 0. The summed E-state index contributed by atoms with van der Waals surface area (Å²) in [5.41, 5.74) is 2.61. The van der Waals surface area contributed by atoms with Crippen molar-refractivity contribution in [2.75, 3.05) is 6.54 Å². The molecule has 0 amide bonds. The Kier molecular flexibility index (Phi) is 8.60. The standard InChI is InChI=1S/C16H24N6.HI/c1-4-13-8-6-7-9-14(13)10-18-16(17-5-2)19-11-15-20-12-21-22(15)3;/h6-9,12H,4-5,10-11H2,1-3H3,(H2,17,18,19);1H. The van der Waals surface area contributed by atoms with Crippen LogP contribution in [0.25, 0.3) is 0 Å². The second kappa shape index (κ2) is 10.2. The summed E-state index contributed by atoms with van der Waals surface area (Å²) in [6, 6.07) is 8.42. The van der Waals surface area contributed by atoms with Gasteiger partial charge in [0.25, 0.3) is 0 Å². The van der Waals surface area contributed by atoms with Crippen LogP contribution in [-0.4, -0.2) is 27.3 Å². The molecule has 126 valence electrons. The SMILES string of the molecule is CCNC(=NCc1ccccc1CC)NCc1ncnn1C.I. The first-order valence-electron chi connectivity index (χ1n) is 7.66. The van der Waals surface area contributed by atoms with Crippen molar-refractivity contribution >= 4 is 29.9 Å². The van der Waals surface area contributed by atoms with Gasteiger partial charge < -0.3 is 10.6 Å². The second-order valence-corrected chi connectivity index (χ2v) is 4.97. The van der Waals surface area contributed by atoms with Crippen LogP contribution in [-0.2, 0) is 26.6 Å². The van der Waals surface area contributed by atoms with E-state index in [1.165, 1.54) is 11.1 Å². The van der Waals surface area contributed by atoms with Crippen molar-refractivity contribution in [3.05, 3.63) is 47.5 Å². The van der Waals surface area contributed by atoms with Crippen molar-refractivity contribution in [1.82, 2.24) is 25.4 Å². The molecule has 0 atom stereocenters. The lowest BCUT2D eigenvalue weighted by Gasteiger charge is -2.11. The zero-order chi connectivity index (χ0) is 15.8. The molecule has 0 fully saturated rings. The van der Waals surface area contributed by atoms with Gasteiger partial charge in [-0.3, -0.25) is 4.68 Å². The van der Waals surface area contributed by atoms with Crippen LogP contribution in [0.1, 0.15) is 30.8 Å². The maximum Gasteiger partial charge on any atom is 0.191 e. The number of halogens is 1. The second-order valence-electron chi connectivity index (χ2n) is 4.97. The highest BCUT2D eigenvalue weighted by Gasteiger charge is 2.03. The molecule has 0 unspecified atom stereocenters. The van der Waals surface area contributed by atoms with Crippen LogP contribution in [0, 0.1) is 0 Å². The minimum atomic E-state index is 0. The number of rotatable bonds is 6. The van der Waals surface area contributed by atoms with Crippen LogP contribution in [0.3, 0.4) is 0 Å². The summed E-state index contributed by atoms with van der Waals surface area (Å²) >= 11 is 0. The third-order valence-corrected chi connectivity index (χ3v) is 3.47. The molecule has 0 saturated heterocycles. The van der Waals surface area contributed by atoms with E-state index in [4.69, 9.17) is 0 Å². The quantitative estimate of drug-likeness (QED) is 0.421. The van der Waals surface area contributed by atoms with E-state index in [1.54, 1.807) is 11.0 Å². The highest BCUT2D eigenvalue weighted by molar-refractivity contribution is 14.0. The number of hydrogen-bond donors (Lipinski definition) is 2. The molecule has 7 heteroatoms. The van der Waals surface area contributed by atoms with Gasteiger partial charge in [-0.1, -0.05) is 31.2 Å². The average molecular weight is 428 g/mol. The van der Waals surface area contributed by atoms with Crippen LogP contribution in [0.15, 0.2) is 35.6 Å². The van der Waals surface area contributed by atoms with E-state index >= 15 is 0 Å². The number of aromatic nitrogens is 3. The molecule has 0 aliphatic rings. The molecule has 6 nitrogen and oxygen atoms in total. The van der Waals surface area contributed by atoms with E-state index in [9.17, 15) is 0 Å². The summed E-state index contributed by atoms with van der Waals surface area (Å²) in [4.78, 5) is 8.86. The fraction of sp³-hybridized carbons (Fsp3) is 0.438. The number of hydrogen-bond acceptors (Lipinski definition) is 3. The number of aliphatic imine (C=N–C) groups is 1. The molecule has 1 aromatic heterocycles. The molecule has 0 spiro atoms. The highest BCUT2D eigenvalue weighted by atomic mass is 127. The van der Waals surface area contributed by atoms with Gasteiger partial charge in [0, 0.05) is 13.6 Å². The fourth-order valence-corrected chi connectivity index (χ4v) is 2.21. The van der Waals surface area contributed by atoms with E-state index < -0.39 is 0 Å². The highest BCUT2D eigenvalue weighted by Crippen LogP contribution is 2.10. The molecule has 0 aliphatic carbocycles. The Labute approximate surface area is 154 Å². The summed E-state index contributed by atoms with van der Waals surface area (Å²) < 4.78 is 1.75. The molecule has 2 aromatic rings. The number of benzene rings is 1. The molecule has 23 heavy (non-hydrogen) atoms. The van der Waals surface area contributed by atoms with E-state index in [0.717, 1.165) is 24.7 Å². The third kappa shape index (κ3) is 5.81. The Balaban J connectivity index is 0.00000264. The molecule has 0 bridgehead atoms. The van der Waals surface area contributed by atoms with E-state index in [0.29, 0.717) is 13.1 Å². The van der Waals surface area contributed by atoms with Crippen molar-refractivity contribution in [2.45, 2.75) is 33.4 Å². The van der Waals surface area contributed by atoms with Gasteiger partial charge in [-0.25, -0.2) is 9.98 Å². The van der Waals surface area contributed by atoms with Gasteiger partial charge in [0.2, 0.25) is 0 Å². The van der Waals surface area contributed by atoms with Crippen molar-refractivity contribution in [2.24, 2.45) is 12.0 Å². The van der Waals surface area contributed by atoms with Crippen LogP contribution in [0.4, 0.5) is 0 Å². The molecule has 2 rings (SSSR count). The first-order valence-corrected chi connectivity index (χ1v) is 7.66. The molecule has 2 N–H and O–H groups in total. The summed E-state index contributed by atoms with van der Waals surface area (Å²) in [6.07, 6.45) is 2.58. The Bertz CT molecular complexity index is 623. The number of aryl methyl sites for hydroxylation is 2. The first-order chi connectivity index (χ1) is 10.7. The zero-order valence-corrected chi connectivity index (χ0v) is 16.2. The first kappa shape index (κ1) is 19.4. The summed E-state index contributed by atoms with van der Waals surface area (Å²) in [5.74, 6) is 1.66. The van der Waals surface area contributed by atoms with Crippen molar-refractivity contribution in [3.63, 3.8) is 0 Å². The van der Waals surface area contributed by atoms with E-state index in [1.807, 2.05) is 7.05 Å². The Morgan fingerprint density at radius 2 is 1.91 bits per heavy atom. The Morgan fingerprint density at radius 3 is 2.52 bits per heavy atom. The average Bonchev–Trinajstić information content (AvgIpc) is 2.95. The molecule has 0 aliphatic heterocycles. The van der Waals surface area contributed by atoms with Crippen LogP contribution >= 0.6 is 24.0 Å². The minimum Gasteiger partial charge on any atom is -0.357 e. The molecule has 1 heterocycles. The van der Waals surface area contributed by atoms with Gasteiger partial charge in [0.1, 0.15) is 12.2 Å². The van der Waals surface area contributed by atoms with Crippen molar-refractivity contribution < 1.29 is 0 Å². The molecule has 0 saturated carbocycles. The van der Waals surface area contributed by atoms with Gasteiger partial charge in [-0.05, 0) is 24.5 Å². The third-order valence-electron chi connectivity index (χ3n) is 3.47. The normalized spacial score (nSPS) is 11.0. The Hall–Kier alpha value is -1.64. The molecular weight excluding hydrogens is 403 g/mol. The predicted molar refractivity (Wildman–Crippen MR) is 104 cm³/mol. The topological polar surface area (TPSA) is 67.1 Å². The lowest BCUT2D eigenvalue weighted by Crippen LogP contribution is -2.37. The van der Waals surface area contributed by atoms with Gasteiger partial charge >= 0.3 is 0 Å². The predicted octanol–water partition coefficient (Wildman–Crippen LogP) is 2.25. The summed E-state index contributed by atoms with van der Waals surface area (Å²) in [7, 11) is 1.88. The molecule has 1 aromatic carbocycles. The maximum absolute atomic E-state index is 4.66. The van der Waals surface area contributed by atoms with E-state index in [2.05, 4.69) is 63.8 Å². The molecular formula is C16H25IN6. The van der Waals surface area contributed by atoms with Crippen LogP contribution < -0.4 is 10.6 Å². The zero-order valence-electron chi connectivity index (χ0n) is 13.9. The summed E-state index contributed by atoms with van der Waals surface area (Å²) in [5, 5.41) is 10.6. The fourth-order valence-electron chi connectivity index (χ4n) is 2.21. The smallest absolute Gasteiger partial charge is 0.191 e. The van der Waals surface area contributed by atoms with Crippen LogP contribution in [0.5, 0.6) is 0 Å². The lowest BCUT2D eigenvalue weighted by molar-refractivity contribution is 0.673. The van der Waals surface area contributed by atoms with Gasteiger partial charge in [0.15, 0.2) is 5.96 Å².